The molecule has 0 unspecified atom stereocenters. The van der Waals surface area contributed by atoms with E-state index in [1.54, 1.807) is 11.1 Å². The fraction of sp³-hybridized carbons (Fsp3) is 0.444. The number of likely N-dealkylation sites (tertiary alicyclic amines) is 1. The van der Waals surface area contributed by atoms with Gasteiger partial charge in [-0.1, -0.05) is 6.07 Å². The number of anilines is 2. The number of piperidine rings is 1. The Hall–Kier alpha value is -2.90. The second-order valence-electron chi connectivity index (χ2n) is 6.07. The molecule has 0 saturated carbocycles. The standard InChI is InChI=1S/C18H24N6O2/c1-2-26-18(25)24-9-6-14(7-10-24)23-17-11-16(21-13-22-17)20-12-15-5-3-4-8-19-15/h3-5,8,11,13-14H,2,6-7,9-10,12H2,1H3,(H2,20,21,22,23). The van der Waals surface area contributed by atoms with Gasteiger partial charge in [0, 0.05) is 31.4 Å². The van der Waals surface area contributed by atoms with Crippen molar-refractivity contribution in [3.8, 4) is 0 Å². The molecule has 8 nitrogen and oxygen atoms in total. The molecule has 3 rings (SSSR count). The fourth-order valence-corrected chi connectivity index (χ4v) is 2.85. The van der Waals surface area contributed by atoms with Gasteiger partial charge in [0.15, 0.2) is 0 Å². The number of rotatable bonds is 6. The Labute approximate surface area is 153 Å². The van der Waals surface area contributed by atoms with Gasteiger partial charge >= 0.3 is 6.09 Å². The first kappa shape index (κ1) is 17.9. The molecular formula is C18H24N6O2. The first-order valence-corrected chi connectivity index (χ1v) is 8.88. The summed E-state index contributed by atoms with van der Waals surface area (Å²) in [5.41, 5.74) is 0.951. The average Bonchev–Trinajstić information content (AvgIpc) is 2.68. The molecule has 138 valence electrons. The predicted molar refractivity (Wildman–Crippen MR) is 98.8 cm³/mol. The van der Waals surface area contributed by atoms with Gasteiger partial charge in [-0.2, -0.15) is 0 Å². The van der Waals surface area contributed by atoms with E-state index in [0.717, 1.165) is 30.2 Å². The Bertz CT molecular complexity index is 704. The van der Waals surface area contributed by atoms with Gasteiger partial charge in [-0.05, 0) is 31.9 Å². The Morgan fingerprint density at radius 1 is 1.23 bits per heavy atom. The van der Waals surface area contributed by atoms with Gasteiger partial charge < -0.3 is 20.3 Å². The topological polar surface area (TPSA) is 92.3 Å². The van der Waals surface area contributed by atoms with E-state index < -0.39 is 0 Å². The van der Waals surface area contributed by atoms with Crippen LogP contribution < -0.4 is 10.6 Å². The highest BCUT2D eigenvalue weighted by Gasteiger charge is 2.23. The van der Waals surface area contributed by atoms with Gasteiger partial charge in [0.05, 0.1) is 18.8 Å². The molecule has 0 bridgehead atoms. The number of hydrogen-bond acceptors (Lipinski definition) is 7. The zero-order valence-corrected chi connectivity index (χ0v) is 14.9. The third kappa shape index (κ3) is 5.05. The monoisotopic (exact) mass is 356 g/mol. The van der Waals surface area contributed by atoms with Crippen LogP contribution in [0.4, 0.5) is 16.4 Å². The summed E-state index contributed by atoms with van der Waals surface area (Å²) in [5.74, 6) is 1.52. The zero-order chi connectivity index (χ0) is 18.2. The highest BCUT2D eigenvalue weighted by atomic mass is 16.6. The van der Waals surface area contributed by atoms with Crippen LogP contribution in [0.3, 0.4) is 0 Å². The summed E-state index contributed by atoms with van der Waals surface area (Å²) in [5, 5.41) is 6.68. The van der Waals surface area contributed by atoms with E-state index in [4.69, 9.17) is 4.74 Å². The average molecular weight is 356 g/mol. The third-order valence-corrected chi connectivity index (χ3v) is 4.22. The summed E-state index contributed by atoms with van der Waals surface area (Å²) in [6, 6.07) is 7.98. The fourth-order valence-electron chi connectivity index (χ4n) is 2.85. The second kappa shape index (κ2) is 8.98. The molecule has 3 heterocycles. The van der Waals surface area contributed by atoms with Crippen molar-refractivity contribution in [2.45, 2.75) is 32.4 Å². The van der Waals surface area contributed by atoms with Crippen molar-refractivity contribution in [3.05, 3.63) is 42.5 Å². The van der Waals surface area contributed by atoms with Crippen molar-refractivity contribution in [3.63, 3.8) is 0 Å². The molecule has 1 saturated heterocycles. The molecule has 1 fully saturated rings. The largest absolute Gasteiger partial charge is 0.450 e. The zero-order valence-electron chi connectivity index (χ0n) is 14.9. The molecule has 26 heavy (non-hydrogen) atoms. The molecular weight excluding hydrogens is 332 g/mol. The second-order valence-corrected chi connectivity index (χ2v) is 6.07. The molecule has 8 heteroatoms. The lowest BCUT2D eigenvalue weighted by Gasteiger charge is -2.31. The van der Waals surface area contributed by atoms with Gasteiger partial charge in [0.25, 0.3) is 0 Å². The summed E-state index contributed by atoms with van der Waals surface area (Å²) >= 11 is 0. The van der Waals surface area contributed by atoms with Gasteiger partial charge in [0.1, 0.15) is 18.0 Å². The number of amides is 1. The van der Waals surface area contributed by atoms with E-state index in [1.807, 2.05) is 31.2 Å². The predicted octanol–water partition coefficient (Wildman–Crippen LogP) is 2.52. The molecule has 0 aromatic carbocycles. The van der Waals surface area contributed by atoms with Crippen LogP contribution >= 0.6 is 0 Å². The molecule has 2 aromatic rings. The normalized spacial score (nSPS) is 14.7. The molecule has 1 aliphatic heterocycles. The van der Waals surface area contributed by atoms with Crippen LogP contribution in [0.15, 0.2) is 36.8 Å². The van der Waals surface area contributed by atoms with Crippen LogP contribution in [0.25, 0.3) is 0 Å². The lowest BCUT2D eigenvalue weighted by molar-refractivity contribution is 0.0983. The highest BCUT2D eigenvalue weighted by Crippen LogP contribution is 2.17. The Balaban J connectivity index is 1.49. The number of nitrogens with zero attached hydrogens (tertiary/aromatic N) is 4. The lowest BCUT2D eigenvalue weighted by Crippen LogP contribution is -2.42. The number of ether oxygens (including phenoxy) is 1. The SMILES string of the molecule is CCOC(=O)N1CCC(Nc2cc(NCc3ccccn3)ncn2)CC1. The summed E-state index contributed by atoms with van der Waals surface area (Å²) < 4.78 is 5.05. The van der Waals surface area contributed by atoms with E-state index >= 15 is 0 Å². The van der Waals surface area contributed by atoms with Crippen LogP contribution in [-0.2, 0) is 11.3 Å². The summed E-state index contributed by atoms with van der Waals surface area (Å²) in [6.07, 6.45) is 4.80. The Morgan fingerprint density at radius 3 is 2.77 bits per heavy atom. The smallest absolute Gasteiger partial charge is 0.409 e. The molecule has 1 aliphatic rings. The molecule has 1 amide bonds. The number of nitrogens with one attached hydrogen (secondary N) is 2. The van der Waals surface area contributed by atoms with E-state index in [1.165, 1.54) is 6.33 Å². The maximum Gasteiger partial charge on any atom is 0.409 e. The summed E-state index contributed by atoms with van der Waals surface area (Å²) in [7, 11) is 0. The minimum atomic E-state index is -0.228. The highest BCUT2D eigenvalue weighted by molar-refractivity contribution is 5.67. The number of pyridine rings is 1. The van der Waals surface area contributed by atoms with Gasteiger partial charge in [-0.3, -0.25) is 4.98 Å². The lowest BCUT2D eigenvalue weighted by atomic mass is 10.1. The van der Waals surface area contributed by atoms with E-state index in [9.17, 15) is 4.79 Å². The summed E-state index contributed by atoms with van der Waals surface area (Å²) in [6.45, 7) is 4.21. The maximum absolute atomic E-state index is 11.7. The number of carbonyl (C=O) groups is 1. The number of aromatic nitrogens is 3. The van der Waals surface area contributed by atoms with Crippen LogP contribution in [0.1, 0.15) is 25.5 Å². The van der Waals surface area contributed by atoms with Crippen LogP contribution in [-0.4, -0.2) is 51.7 Å². The quantitative estimate of drug-likeness (QED) is 0.821. The van der Waals surface area contributed by atoms with Crippen molar-refractivity contribution >= 4 is 17.7 Å². The molecule has 0 atom stereocenters. The first-order valence-electron chi connectivity index (χ1n) is 8.88. The van der Waals surface area contributed by atoms with Crippen molar-refractivity contribution in [1.29, 1.82) is 0 Å². The summed E-state index contributed by atoms with van der Waals surface area (Å²) in [4.78, 5) is 26.3. The van der Waals surface area contributed by atoms with E-state index in [0.29, 0.717) is 26.2 Å². The molecule has 0 radical (unpaired) electrons. The van der Waals surface area contributed by atoms with E-state index in [2.05, 4.69) is 25.6 Å². The number of hydrogen-bond donors (Lipinski definition) is 2. The Morgan fingerprint density at radius 2 is 2.04 bits per heavy atom. The number of carbonyl (C=O) groups excluding carboxylic acids is 1. The van der Waals surface area contributed by atoms with Crippen molar-refractivity contribution < 1.29 is 9.53 Å². The molecule has 0 spiro atoms. The maximum atomic E-state index is 11.7. The van der Waals surface area contributed by atoms with Gasteiger partial charge in [-0.15, -0.1) is 0 Å². The third-order valence-electron chi connectivity index (χ3n) is 4.22. The molecule has 0 aliphatic carbocycles. The van der Waals surface area contributed by atoms with Crippen molar-refractivity contribution in [2.75, 3.05) is 30.3 Å². The van der Waals surface area contributed by atoms with Crippen molar-refractivity contribution in [2.24, 2.45) is 0 Å². The minimum absolute atomic E-state index is 0.228. The van der Waals surface area contributed by atoms with Gasteiger partial charge in [-0.25, -0.2) is 14.8 Å². The molecule has 2 N–H and O–H groups in total. The molecule has 2 aromatic heterocycles. The minimum Gasteiger partial charge on any atom is -0.450 e. The van der Waals surface area contributed by atoms with Crippen LogP contribution in [0.2, 0.25) is 0 Å². The first-order chi connectivity index (χ1) is 12.7. The van der Waals surface area contributed by atoms with Crippen LogP contribution in [0, 0.1) is 0 Å². The van der Waals surface area contributed by atoms with Gasteiger partial charge in [0.2, 0.25) is 0 Å². The van der Waals surface area contributed by atoms with Crippen LogP contribution in [0.5, 0.6) is 0 Å². The Kier molecular flexibility index (Phi) is 6.19. The van der Waals surface area contributed by atoms with Crippen molar-refractivity contribution in [1.82, 2.24) is 19.9 Å². The van der Waals surface area contributed by atoms with E-state index in [-0.39, 0.29) is 12.1 Å².